The van der Waals surface area contributed by atoms with Gasteiger partial charge in [0.25, 0.3) is 5.91 Å². The lowest BCUT2D eigenvalue weighted by Crippen LogP contribution is -2.28. The maximum absolute atomic E-state index is 13.6. The van der Waals surface area contributed by atoms with Crippen molar-refractivity contribution in [2.45, 2.75) is 25.7 Å². The fourth-order valence-corrected chi connectivity index (χ4v) is 6.12. The zero-order chi connectivity index (χ0) is 28.4. The molecular weight excluding hydrogens is 564 g/mol. The number of carbonyl (C=O) groups is 1. The number of aryl methyl sites for hydroxylation is 3. The number of benzene rings is 4. The highest BCUT2D eigenvalue weighted by Gasteiger charge is 2.34. The normalized spacial score (nSPS) is 15.7. The van der Waals surface area contributed by atoms with Crippen LogP contribution < -0.4 is 9.08 Å². The molecule has 0 unspecified atom stereocenters. The number of anilines is 1. The second kappa shape index (κ2) is 11.3. The Kier molecular flexibility index (Phi) is 7.85. The van der Waals surface area contributed by atoms with Gasteiger partial charge in [-0.2, -0.15) is 8.42 Å². The Bertz CT molecular complexity index is 1750. The quantitative estimate of drug-likeness (QED) is 0.169. The van der Waals surface area contributed by atoms with Crippen molar-refractivity contribution >= 4 is 62.0 Å². The molecule has 9 heteroatoms. The number of thioether (sulfide) groups is 1. The Morgan fingerprint density at radius 3 is 2.00 bits per heavy atom. The zero-order valence-electron chi connectivity index (χ0n) is 22.0. The Hall–Kier alpha value is -3.85. The van der Waals surface area contributed by atoms with Crippen molar-refractivity contribution in [3.63, 3.8) is 0 Å². The first-order chi connectivity index (χ1) is 19.1. The Balaban J connectivity index is 1.45. The van der Waals surface area contributed by atoms with E-state index in [-0.39, 0.29) is 21.6 Å². The van der Waals surface area contributed by atoms with Crippen LogP contribution in [0.2, 0.25) is 5.02 Å². The molecule has 1 fully saturated rings. The lowest BCUT2D eigenvalue weighted by Gasteiger charge is -2.16. The maximum Gasteiger partial charge on any atom is 0.339 e. The maximum atomic E-state index is 13.6. The van der Waals surface area contributed by atoms with Crippen LogP contribution in [0.3, 0.4) is 0 Å². The third-order valence-electron chi connectivity index (χ3n) is 6.12. The molecule has 1 saturated heterocycles. The number of amidine groups is 1. The van der Waals surface area contributed by atoms with E-state index in [0.29, 0.717) is 21.3 Å². The highest BCUT2D eigenvalue weighted by atomic mass is 35.5. The molecule has 1 aliphatic heterocycles. The molecule has 40 heavy (non-hydrogen) atoms. The Morgan fingerprint density at radius 1 is 0.825 bits per heavy atom. The minimum Gasteiger partial charge on any atom is -0.377 e. The number of carbonyl (C=O) groups excluding carboxylic acids is 1. The van der Waals surface area contributed by atoms with Crippen LogP contribution in [0.4, 0.5) is 11.4 Å². The third kappa shape index (κ3) is 6.14. The van der Waals surface area contributed by atoms with Crippen molar-refractivity contribution in [1.29, 1.82) is 0 Å². The molecule has 1 amide bonds. The predicted molar refractivity (Wildman–Crippen MR) is 163 cm³/mol. The van der Waals surface area contributed by atoms with Crippen molar-refractivity contribution in [1.82, 2.24) is 0 Å². The number of amides is 1. The molecule has 4 aromatic carbocycles. The van der Waals surface area contributed by atoms with E-state index >= 15 is 0 Å². The van der Waals surface area contributed by atoms with Crippen LogP contribution in [0.1, 0.15) is 22.3 Å². The van der Waals surface area contributed by atoms with Crippen LogP contribution in [0.25, 0.3) is 6.08 Å². The van der Waals surface area contributed by atoms with Gasteiger partial charge < -0.3 is 4.18 Å². The number of aliphatic imine (C=N–C) groups is 1. The predicted octanol–water partition coefficient (Wildman–Crippen LogP) is 7.84. The fraction of sp³-hybridized carbons (Fsp3) is 0.0968. The molecular formula is C31H25ClN2O4S2. The first-order valence-corrected chi connectivity index (χ1v) is 15.0. The summed E-state index contributed by atoms with van der Waals surface area (Å²) in [6, 6.07) is 26.5. The second-order valence-corrected chi connectivity index (χ2v) is 12.3. The van der Waals surface area contributed by atoms with Gasteiger partial charge in [-0.25, -0.2) is 4.99 Å². The van der Waals surface area contributed by atoms with Gasteiger partial charge in [-0.1, -0.05) is 70.8 Å². The van der Waals surface area contributed by atoms with Gasteiger partial charge in [0.2, 0.25) is 0 Å². The van der Waals surface area contributed by atoms with E-state index in [1.807, 2.05) is 69.3 Å². The number of halogens is 1. The average Bonchev–Trinajstić information content (AvgIpc) is 3.21. The summed E-state index contributed by atoms with van der Waals surface area (Å²) in [5, 5.41) is 0.628. The van der Waals surface area contributed by atoms with Gasteiger partial charge in [-0.05, 0) is 92.7 Å². The van der Waals surface area contributed by atoms with E-state index in [4.69, 9.17) is 20.8 Å². The Morgan fingerprint density at radius 2 is 1.40 bits per heavy atom. The van der Waals surface area contributed by atoms with Crippen LogP contribution in [-0.2, 0) is 14.9 Å². The van der Waals surface area contributed by atoms with Crippen molar-refractivity contribution < 1.29 is 17.4 Å². The molecule has 6 nitrogen and oxygen atoms in total. The van der Waals surface area contributed by atoms with Crippen molar-refractivity contribution in [3.8, 4) is 5.75 Å². The summed E-state index contributed by atoms with van der Waals surface area (Å²) >= 11 is 7.67. The van der Waals surface area contributed by atoms with Gasteiger partial charge in [0.05, 0.1) is 21.3 Å². The number of hydrogen-bond donors (Lipinski definition) is 0. The summed E-state index contributed by atoms with van der Waals surface area (Å²) in [7, 11) is -4.06. The standard InChI is InChI=1S/C31H25ClN2O4S2/c1-20-4-11-24(12-5-20)33-31-34(25-13-6-21(2)7-14-25)30(35)29(39-31)19-23-10-17-28(27(32)18-23)38-40(36,37)26-15-8-22(3)9-16-26/h4-19H,1-3H3/b29-19-,33-31?. The summed E-state index contributed by atoms with van der Waals surface area (Å²) in [6.07, 6.45) is 1.70. The van der Waals surface area contributed by atoms with Gasteiger partial charge in [0, 0.05) is 0 Å². The van der Waals surface area contributed by atoms with Gasteiger partial charge in [0.15, 0.2) is 10.9 Å². The molecule has 0 spiro atoms. The lowest BCUT2D eigenvalue weighted by molar-refractivity contribution is -0.113. The molecule has 202 valence electrons. The largest absolute Gasteiger partial charge is 0.377 e. The summed E-state index contributed by atoms with van der Waals surface area (Å²) in [5.74, 6) is -0.226. The summed E-state index contributed by atoms with van der Waals surface area (Å²) in [5.41, 5.74) is 5.19. The monoisotopic (exact) mass is 588 g/mol. The van der Waals surface area contributed by atoms with E-state index in [0.717, 1.165) is 22.4 Å². The molecule has 0 aromatic heterocycles. The van der Waals surface area contributed by atoms with Gasteiger partial charge in [-0.3, -0.25) is 9.69 Å². The minimum absolute atomic E-state index is 0.00213. The SMILES string of the molecule is Cc1ccc(N=C2S/C(=C\c3ccc(OS(=O)(=O)c4ccc(C)cc4)c(Cl)c3)C(=O)N2c2ccc(C)cc2)cc1. The average molecular weight is 589 g/mol. The molecule has 0 N–H and O–H groups in total. The van der Waals surface area contributed by atoms with E-state index in [1.165, 1.54) is 30.0 Å². The van der Waals surface area contributed by atoms with Crippen molar-refractivity contribution in [2.75, 3.05) is 4.90 Å². The second-order valence-electron chi connectivity index (χ2n) is 9.36. The van der Waals surface area contributed by atoms with E-state index in [9.17, 15) is 13.2 Å². The number of hydrogen-bond acceptors (Lipinski definition) is 6. The van der Waals surface area contributed by atoms with E-state index in [2.05, 4.69) is 0 Å². The molecule has 0 bridgehead atoms. The van der Waals surface area contributed by atoms with E-state index < -0.39 is 10.1 Å². The highest BCUT2D eigenvalue weighted by Crippen LogP contribution is 2.38. The number of nitrogens with zero attached hydrogens (tertiary/aromatic N) is 2. The van der Waals surface area contributed by atoms with Crippen molar-refractivity contribution in [2.24, 2.45) is 4.99 Å². The summed E-state index contributed by atoms with van der Waals surface area (Å²) in [4.78, 5) is 20.4. The van der Waals surface area contributed by atoms with Crippen LogP contribution >= 0.6 is 23.4 Å². The third-order valence-corrected chi connectivity index (χ3v) is 8.63. The van der Waals surface area contributed by atoms with Crippen molar-refractivity contribution in [3.05, 3.63) is 123 Å². The lowest BCUT2D eigenvalue weighted by atomic mass is 10.2. The molecule has 0 saturated carbocycles. The molecule has 1 aliphatic rings. The molecule has 0 atom stereocenters. The molecule has 0 radical (unpaired) electrons. The van der Waals surface area contributed by atoms with Crippen LogP contribution in [0.15, 0.2) is 106 Å². The first-order valence-electron chi connectivity index (χ1n) is 12.4. The molecule has 0 aliphatic carbocycles. The Labute approximate surface area is 243 Å². The van der Waals surface area contributed by atoms with Gasteiger partial charge in [0.1, 0.15) is 4.90 Å². The topological polar surface area (TPSA) is 76.0 Å². The summed E-state index contributed by atoms with van der Waals surface area (Å²) in [6.45, 7) is 5.86. The van der Waals surface area contributed by atoms with E-state index in [1.54, 1.807) is 35.2 Å². The molecule has 1 heterocycles. The minimum atomic E-state index is -4.06. The van der Waals surface area contributed by atoms with Crippen LogP contribution in [0, 0.1) is 20.8 Å². The van der Waals surface area contributed by atoms with Crippen LogP contribution in [0.5, 0.6) is 5.75 Å². The smallest absolute Gasteiger partial charge is 0.339 e. The molecule has 4 aromatic rings. The highest BCUT2D eigenvalue weighted by molar-refractivity contribution is 8.19. The first kappa shape index (κ1) is 27.7. The zero-order valence-corrected chi connectivity index (χ0v) is 24.3. The van der Waals surface area contributed by atoms with Crippen LogP contribution in [-0.4, -0.2) is 19.5 Å². The fourth-order valence-electron chi connectivity index (χ4n) is 3.90. The van der Waals surface area contributed by atoms with Gasteiger partial charge >= 0.3 is 10.1 Å². The summed E-state index contributed by atoms with van der Waals surface area (Å²) < 4.78 is 30.7. The molecule has 5 rings (SSSR count). The van der Waals surface area contributed by atoms with Gasteiger partial charge in [-0.15, -0.1) is 0 Å². The number of rotatable bonds is 6.